The number of hydrogen-bond acceptors (Lipinski definition) is 4. The number of benzene rings is 1. The van der Waals surface area contributed by atoms with Gasteiger partial charge < -0.3 is 5.11 Å². The average Bonchev–Trinajstić information content (AvgIpc) is 2.76. The van der Waals surface area contributed by atoms with Gasteiger partial charge in [-0.2, -0.15) is 5.10 Å². The number of rotatable bonds is 2. The van der Waals surface area contributed by atoms with Gasteiger partial charge in [-0.05, 0) is 18.6 Å². The minimum atomic E-state index is 0.249. The van der Waals surface area contributed by atoms with Crippen molar-refractivity contribution >= 4 is 27.3 Å². The predicted molar refractivity (Wildman–Crippen MR) is 64.0 cm³/mol. The Bertz CT molecular complexity index is 656. The first-order valence-corrected chi connectivity index (χ1v) is 6.07. The van der Waals surface area contributed by atoms with E-state index in [1.165, 1.54) is 0 Å². The van der Waals surface area contributed by atoms with Gasteiger partial charge in [-0.3, -0.25) is 0 Å². The van der Waals surface area contributed by atoms with E-state index in [-0.39, 0.29) is 5.75 Å². The van der Waals surface area contributed by atoms with Gasteiger partial charge in [0.15, 0.2) is 0 Å². The first-order chi connectivity index (χ1) is 7.78. The molecule has 1 N–H and O–H groups in total. The molecule has 16 heavy (non-hydrogen) atoms. The summed E-state index contributed by atoms with van der Waals surface area (Å²) >= 11 is 1.61. The predicted octanol–water partition coefficient (Wildman–Crippen LogP) is 2.60. The molecule has 4 nitrogen and oxygen atoms in total. The SMILES string of the molecule is CCCc1nn2c(nc3ccc(O)cc32)s1. The van der Waals surface area contributed by atoms with Crippen LogP contribution in [0.5, 0.6) is 5.75 Å². The molecule has 0 aliphatic rings. The van der Waals surface area contributed by atoms with E-state index in [1.807, 2.05) is 10.6 Å². The topological polar surface area (TPSA) is 50.4 Å². The van der Waals surface area contributed by atoms with Crippen LogP contribution in [0.15, 0.2) is 18.2 Å². The third-order valence-corrected chi connectivity index (χ3v) is 3.44. The molecule has 0 saturated carbocycles. The Labute approximate surface area is 96.2 Å². The van der Waals surface area contributed by atoms with Crippen molar-refractivity contribution in [2.45, 2.75) is 19.8 Å². The fourth-order valence-electron chi connectivity index (χ4n) is 1.74. The molecule has 1 aromatic carbocycles. The summed E-state index contributed by atoms with van der Waals surface area (Å²) in [6.07, 6.45) is 2.06. The smallest absolute Gasteiger partial charge is 0.213 e. The number of aromatic hydroxyl groups is 1. The number of phenolic OH excluding ortho intramolecular Hbond substituents is 1. The Kier molecular flexibility index (Phi) is 2.07. The van der Waals surface area contributed by atoms with Gasteiger partial charge in [-0.1, -0.05) is 18.3 Å². The highest BCUT2D eigenvalue weighted by Crippen LogP contribution is 2.24. The van der Waals surface area contributed by atoms with Crippen LogP contribution in [-0.2, 0) is 6.42 Å². The normalized spacial score (nSPS) is 11.6. The zero-order chi connectivity index (χ0) is 11.1. The summed E-state index contributed by atoms with van der Waals surface area (Å²) in [4.78, 5) is 5.36. The van der Waals surface area contributed by atoms with Crippen LogP contribution in [0.4, 0.5) is 0 Å². The minimum absolute atomic E-state index is 0.249. The Morgan fingerprint density at radius 1 is 1.44 bits per heavy atom. The standard InChI is InChI=1S/C11H11N3OS/c1-2-3-10-13-14-9-6-7(15)4-5-8(9)12-11(14)16-10/h4-6,15H,2-3H2,1H3. The van der Waals surface area contributed by atoms with Gasteiger partial charge in [0.1, 0.15) is 10.8 Å². The molecule has 0 saturated heterocycles. The molecule has 0 aliphatic carbocycles. The monoisotopic (exact) mass is 233 g/mol. The van der Waals surface area contributed by atoms with E-state index in [1.54, 1.807) is 23.5 Å². The lowest BCUT2D eigenvalue weighted by atomic mass is 10.3. The number of nitrogens with zero attached hydrogens (tertiary/aromatic N) is 3. The number of fused-ring (bicyclic) bond motifs is 3. The molecule has 0 unspecified atom stereocenters. The number of aromatic nitrogens is 3. The molecule has 0 fully saturated rings. The zero-order valence-corrected chi connectivity index (χ0v) is 9.66. The second-order valence-electron chi connectivity index (χ2n) is 3.72. The maximum Gasteiger partial charge on any atom is 0.213 e. The summed E-state index contributed by atoms with van der Waals surface area (Å²) in [5, 5.41) is 15.0. The summed E-state index contributed by atoms with van der Waals surface area (Å²) in [5.74, 6) is 0.249. The summed E-state index contributed by atoms with van der Waals surface area (Å²) in [5.41, 5.74) is 1.74. The zero-order valence-electron chi connectivity index (χ0n) is 8.84. The van der Waals surface area contributed by atoms with E-state index in [0.717, 1.165) is 33.8 Å². The molecule has 0 atom stereocenters. The molecule has 3 rings (SSSR count). The van der Waals surface area contributed by atoms with Gasteiger partial charge in [0.25, 0.3) is 0 Å². The second-order valence-corrected chi connectivity index (χ2v) is 4.77. The third-order valence-electron chi connectivity index (χ3n) is 2.47. The molecular weight excluding hydrogens is 222 g/mol. The fraction of sp³-hybridized carbons (Fsp3) is 0.273. The molecule has 82 valence electrons. The minimum Gasteiger partial charge on any atom is -0.508 e. The van der Waals surface area contributed by atoms with Crippen molar-refractivity contribution in [3.05, 3.63) is 23.2 Å². The van der Waals surface area contributed by atoms with Crippen molar-refractivity contribution in [1.29, 1.82) is 0 Å². The summed E-state index contributed by atoms with van der Waals surface area (Å²) in [7, 11) is 0. The lowest BCUT2D eigenvalue weighted by Crippen LogP contribution is -1.87. The molecular formula is C11H11N3OS. The van der Waals surface area contributed by atoms with E-state index < -0.39 is 0 Å². The number of imidazole rings is 1. The van der Waals surface area contributed by atoms with Gasteiger partial charge in [-0.25, -0.2) is 9.50 Å². The fourth-order valence-corrected chi connectivity index (χ4v) is 2.75. The highest BCUT2D eigenvalue weighted by Gasteiger charge is 2.10. The number of aryl methyl sites for hydroxylation is 1. The van der Waals surface area contributed by atoms with Gasteiger partial charge in [0.05, 0.1) is 11.0 Å². The Morgan fingerprint density at radius 3 is 3.12 bits per heavy atom. The number of hydrogen-bond donors (Lipinski definition) is 1. The second kappa shape index (κ2) is 3.45. The number of phenols is 1. The van der Waals surface area contributed by atoms with Crippen molar-refractivity contribution in [3.8, 4) is 5.75 Å². The Balaban J connectivity index is 2.28. The third kappa shape index (κ3) is 1.36. The maximum absolute atomic E-state index is 9.45. The van der Waals surface area contributed by atoms with Gasteiger partial charge in [0, 0.05) is 12.5 Å². The first-order valence-electron chi connectivity index (χ1n) is 5.25. The van der Waals surface area contributed by atoms with Crippen LogP contribution in [0.1, 0.15) is 18.4 Å². The molecule has 0 amide bonds. The van der Waals surface area contributed by atoms with Crippen LogP contribution in [-0.4, -0.2) is 19.7 Å². The molecule has 0 aliphatic heterocycles. The van der Waals surface area contributed by atoms with E-state index >= 15 is 0 Å². The lowest BCUT2D eigenvalue weighted by Gasteiger charge is -1.92. The molecule has 0 spiro atoms. The molecule has 2 heterocycles. The maximum atomic E-state index is 9.45. The molecule has 0 bridgehead atoms. The van der Waals surface area contributed by atoms with Crippen LogP contribution in [0.2, 0.25) is 0 Å². The van der Waals surface area contributed by atoms with Gasteiger partial charge in [-0.15, -0.1) is 0 Å². The summed E-state index contributed by atoms with van der Waals surface area (Å²) in [6, 6.07) is 5.16. The van der Waals surface area contributed by atoms with Crippen molar-refractivity contribution in [3.63, 3.8) is 0 Å². The van der Waals surface area contributed by atoms with Crippen molar-refractivity contribution in [2.75, 3.05) is 0 Å². The van der Waals surface area contributed by atoms with Gasteiger partial charge in [0.2, 0.25) is 4.96 Å². The van der Waals surface area contributed by atoms with Crippen molar-refractivity contribution in [1.82, 2.24) is 14.6 Å². The largest absolute Gasteiger partial charge is 0.508 e. The van der Waals surface area contributed by atoms with Crippen molar-refractivity contribution in [2.24, 2.45) is 0 Å². The molecule has 2 aromatic heterocycles. The first kappa shape index (κ1) is 9.59. The lowest BCUT2D eigenvalue weighted by molar-refractivity contribution is 0.476. The van der Waals surface area contributed by atoms with E-state index in [4.69, 9.17) is 0 Å². The summed E-state index contributed by atoms with van der Waals surface area (Å²) < 4.78 is 1.81. The molecule has 5 heteroatoms. The molecule has 0 radical (unpaired) electrons. The quantitative estimate of drug-likeness (QED) is 0.740. The van der Waals surface area contributed by atoms with E-state index in [2.05, 4.69) is 17.0 Å². The van der Waals surface area contributed by atoms with Crippen LogP contribution < -0.4 is 0 Å². The van der Waals surface area contributed by atoms with Crippen LogP contribution in [0, 0.1) is 0 Å². The highest BCUT2D eigenvalue weighted by atomic mass is 32.1. The highest BCUT2D eigenvalue weighted by molar-refractivity contribution is 7.16. The van der Waals surface area contributed by atoms with Crippen LogP contribution >= 0.6 is 11.3 Å². The average molecular weight is 233 g/mol. The van der Waals surface area contributed by atoms with Crippen molar-refractivity contribution < 1.29 is 5.11 Å². The van der Waals surface area contributed by atoms with Crippen LogP contribution in [0.25, 0.3) is 16.0 Å². The molecule has 3 aromatic rings. The van der Waals surface area contributed by atoms with Gasteiger partial charge >= 0.3 is 0 Å². The van der Waals surface area contributed by atoms with E-state index in [9.17, 15) is 5.11 Å². The van der Waals surface area contributed by atoms with E-state index in [0.29, 0.717) is 0 Å². The Morgan fingerprint density at radius 2 is 2.31 bits per heavy atom. The van der Waals surface area contributed by atoms with Crippen LogP contribution in [0.3, 0.4) is 0 Å². The Hall–Kier alpha value is -1.62. The summed E-state index contributed by atoms with van der Waals surface area (Å²) in [6.45, 7) is 2.13.